The lowest BCUT2D eigenvalue weighted by Gasteiger charge is -2.23. The maximum atomic E-state index is 14.8. The number of rotatable bonds is 2. The van der Waals surface area contributed by atoms with E-state index >= 15 is 0 Å². The Balaban J connectivity index is 1.76. The van der Waals surface area contributed by atoms with Gasteiger partial charge in [0.05, 0.1) is 0 Å². The molecule has 42 heavy (non-hydrogen) atoms. The summed E-state index contributed by atoms with van der Waals surface area (Å²) in [5.41, 5.74) is 1.09. The van der Waals surface area contributed by atoms with Crippen LogP contribution in [0.4, 0.5) is 26.3 Å². The number of halogens is 6. The molecule has 0 aliphatic rings. The molecule has 8 rings (SSSR count). The molecule has 0 aliphatic carbocycles. The predicted octanol–water partition coefficient (Wildman–Crippen LogP) is 11.1. The van der Waals surface area contributed by atoms with E-state index in [1.54, 1.807) is 0 Å². The highest BCUT2D eigenvalue weighted by Gasteiger charge is 2.25. The van der Waals surface area contributed by atoms with Gasteiger partial charge in [0, 0.05) is 0 Å². The highest BCUT2D eigenvalue weighted by molar-refractivity contribution is 6.39. The van der Waals surface area contributed by atoms with Crippen molar-refractivity contribution in [1.29, 1.82) is 0 Å². The fraction of sp³-hybridized carbons (Fsp3) is 0. The van der Waals surface area contributed by atoms with E-state index in [4.69, 9.17) is 0 Å². The van der Waals surface area contributed by atoms with Crippen LogP contribution in [0.1, 0.15) is 0 Å². The first-order chi connectivity index (χ1) is 20.3. The first-order valence-corrected chi connectivity index (χ1v) is 13.2. The van der Waals surface area contributed by atoms with Gasteiger partial charge in [-0.2, -0.15) is 0 Å². The Morgan fingerprint density at radius 3 is 0.976 bits per heavy atom. The number of hydrogen-bond donors (Lipinski definition) is 0. The summed E-state index contributed by atoms with van der Waals surface area (Å²) in [6, 6.07) is 26.2. The van der Waals surface area contributed by atoms with Crippen LogP contribution in [-0.2, 0) is 0 Å². The van der Waals surface area contributed by atoms with E-state index in [1.165, 1.54) is 0 Å². The monoisotopic (exact) mass is 562 g/mol. The van der Waals surface area contributed by atoms with Gasteiger partial charge in [0.1, 0.15) is 0 Å². The molecule has 0 spiro atoms. The lowest BCUT2D eigenvalue weighted by molar-refractivity contribution is 0.447. The van der Waals surface area contributed by atoms with E-state index in [0.717, 1.165) is 56.6 Å². The lowest BCUT2D eigenvalue weighted by Crippen LogP contribution is -1.98. The molecule has 8 aromatic rings. The van der Waals surface area contributed by atoms with Gasteiger partial charge in [0.2, 0.25) is 0 Å². The molecule has 0 amide bonds. The van der Waals surface area contributed by atoms with Gasteiger partial charge < -0.3 is 0 Å². The van der Waals surface area contributed by atoms with Gasteiger partial charge in [-0.1, -0.05) is 72.8 Å². The van der Waals surface area contributed by atoms with Crippen LogP contribution in [0.25, 0.3) is 76.1 Å². The fourth-order valence-corrected chi connectivity index (χ4v) is 6.57. The van der Waals surface area contributed by atoms with Crippen LogP contribution >= 0.6 is 0 Å². The van der Waals surface area contributed by atoms with Gasteiger partial charge in [0.15, 0.2) is 34.9 Å². The Hall–Kier alpha value is -5.10. The van der Waals surface area contributed by atoms with E-state index < -0.39 is 34.9 Å². The van der Waals surface area contributed by atoms with Crippen molar-refractivity contribution in [3.63, 3.8) is 0 Å². The molecular weight excluding hydrogens is 546 g/mol. The summed E-state index contributed by atoms with van der Waals surface area (Å²) in [7, 11) is 0. The van der Waals surface area contributed by atoms with Gasteiger partial charge >= 0.3 is 0 Å². The summed E-state index contributed by atoms with van der Waals surface area (Å²) in [6.07, 6.45) is 0. The molecule has 0 nitrogen and oxygen atoms in total. The van der Waals surface area contributed by atoms with E-state index in [-0.39, 0.29) is 11.1 Å². The maximum Gasteiger partial charge on any atom is 0.194 e. The summed E-state index contributed by atoms with van der Waals surface area (Å²) >= 11 is 0. The second-order valence-corrected chi connectivity index (χ2v) is 10.4. The Morgan fingerprint density at radius 2 is 0.643 bits per heavy atom. The minimum atomic E-state index is -1.58. The van der Waals surface area contributed by atoms with Gasteiger partial charge in [-0.3, -0.25) is 0 Å². The molecule has 6 heteroatoms. The molecular formula is C36H16F6. The van der Waals surface area contributed by atoms with Crippen molar-refractivity contribution in [2.24, 2.45) is 0 Å². The summed E-state index contributed by atoms with van der Waals surface area (Å²) in [5, 5.41) is 7.09. The molecule has 0 aromatic heterocycles. The topological polar surface area (TPSA) is 0 Å². The normalized spacial score (nSPS) is 12.0. The van der Waals surface area contributed by atoms with E-state index in [1.807, 2.05) is 72.8 Å². The Bertz CT molecular complexity index is 2200. The van der Waals surface area contributed by atoms with Crippen LogP contribution in [0.2, 0.25) is 0 Å². The van der Waals surface area contributed by atoms with Crippen molar-refractivity contribution in [3.8, 4) is 22.3 Å². The van der Waals surface area contributed by atoms with Crippen molar-refractivity contribution in [1.82, 2.24) is 0 Å². The van der Waals surface area contributed by atoms with E-state index in [0.29, 0.717) is 32.7 Å². The second-order valence-electron chi connectivity index (χ2n) is 10.4. The van der Waals surface area contributed by atoms with Crippen molar-refractivity contribution in [2.45, 2.75) is 0 Å². The summed E-state index contributed by atoms with van der Waals surface area (Å²) in [6.45, 7) is 0. The Morgan fingerprint density at radius 1 is 0.333 bits per heavy atom. The Labute approximate surface area is 234 Å². The van der Waals surface area contributed by atoms with Crippen LogP contribution < -0.4 is 0 Å². The highest BCUT2D eigenvalue weighted by atomic mass is 19.2. The van der Waals surface area contributed by atoms with Crippen LogP contribution in [0, 0.1) is 34.9 Å². The summed E-state index contributed by atoms with van der Waals surface area (Å²) in [4.78, 5) is 0. The molecule has 202 valence electrons. The average Bonchev–Trinajstić information content (AvgIpc) is 2.99. The molecule has 0 N–H and O–H groups in total. The third kappa shape index (κ3) is 3.26. The van der Waals surface area contributed by atoms with Crippen molar-refractivity contribution >= 4 is 53.9 Å². The van der Waals surface area contributed by atoms with Crippen LogP contribution in [0.5, 0.6) is 0 Å². The molecule has 0 heterocycles. The smallest absolute Gasteiger partial charge is 0.194 e. The van der Waals surface area contributed by atoms with Crippen LogP contribution in [0.15, 0.2) is 97.1 Å². The van der Waals surface area contributed by atoms with Crippen molar-refractivity contribution in [2.75, 3.05) is 0 Å². The molecule has 0 radical (unpaired) electrons. The zero-order chi connectivity index (χ0) is 28.9. The second kappa shape index (κ2) is 8.70. The first kappa shape index (κ1) is 24.7. The van der Waals surface area contributed by atoms with E-state index in [9.17, 15) is 26.3 Å². The third-order valence-corrected chi connectivity index (χ3v) is 8.18. The molecule has 0 fully saturated rings. The maximum absolute atomic E-state index is 14.8. The Kier molecular flexibility index (Phi) is 5.11. The van der Waals surface area contributed by atoms with Crippen molar-refractivity contribution in [3.05, 3.63) is 132 Å². The van der Waals surface area contributed by atoms with Gasteiger partial charge in [-0.05, 0) is 100 Å². The molecule has 0 bridgehead atoms. The van der Waals surface area contributed by atoms with E-state index in [2.05, 4.69) is 0 Å². The summed E-state index contributed by atoms with van der Waals surface area (Å²) in [5.74, 6) is -8.52. The molecule has 0 atom stereocenters. The third-order valence-electron chi connectivity index (χ3n) is 8.18. The van der Waals surface area contributed by atoms with Gasteiger partial charge in [-0.15, -0.1) is 0 Å². The van der Waals surface area contributed by atoms with Crippen molar-refractivity contribution < 1.29 is 26.3 Å². The molecule has 8 aromatic carbocycles. The highest BCUT2D eigenvalue weighted by Crippen LogP contribution is 2.51. The fourth-order valence-electron chi connectivity index (χ4n) is 6.57. The van der Waals surface area contributed by atoms with Gasteiger partial charge in [-0.25, -0.2) is 26.3 Å². The predicted molar refractivity (Wildman–Crippen MR) is 156 cm³/mol. The number of hydrogen-bond acceptors (Lipinski definition) is 0. The molecule has 0 saturated heterocycles. The number of benzene rings is 8. The number of fused-ring (bicyclic) bond motifs is 3. The van der Waals surface area contributed by atoms with Crippen LogP contribution in [0.3, 0.4) is 0 Å². The van der Waals surface area contributed by atoms with Gasteiger partial charge in [0.25, 0.3) is 0 Å². The molecule has 0 unspecified atom stereocenters. The minimum Gasteiger partial charge on any atom is -0.204 e. The van der Waals surface area contributed by atoms with Crippen LogP contribution in [-0.4, -0.2) is 0 Å². The largest absolute Gasteiger partial charge is 0.204 e. The molecule has 0 aliphatic heterocycles. The quantitative estimate of drug-likeness (QED) is 0.0851. The SMILES string of the molecule is Fc1cc(-c2c3cccc4cccc(c5c(-c6cc(F)c(F)c(F)c6)c6cccc7cccc(c25)c76)c43)cc(F)c1F. The molecule has 0 saturated carbocycles. The zero-order valence-electron chi connectivity index (χ0n) is 21.5. The minimum absolute atomic E-state index is 0.105. The average molecular weight is 563 g/mol. The lowest BCUT2D eigenvalue weighted by atomic mass is 9.80. The standard InChI is InChI=1S/C36H16F6/c37-25-13-19(14-26(38)35(25)41)31-21-9-1-5-17-7-3-11-23(29(17)21)34-32(20-15-27(39)36(42)28(40)16-20)22-10-2-6-18-8-4-12-24(30(18)22)33(31)34/h1-16H. The first-order valence-electron chi connectivity index (χ1n) is 13.2. The summed E-state index contributed by atoms with van der Waals surface area (Å²) < 4.78 is 87.4. The zero-order valence-corrected chi connectivity index (χ0v) is 21.5.